The van der Waals surface area contributed by atoms with Gasteiger partial charge in [-0.3, -0.25) is 9.48 Å². The Kier molecular flexibility index (Phi) is 3.30. The van der Waals surface area contributed by atoms with E-state index in [1.165, 1.54) is 11.1 Å². The molecule has 20 heavy (non-hydrogen) atoms. The van der Waals surface area contributed by atoms with E-state index in [1.54, 1.807) is 10.7 Å². The first-order valence-corrected chi connectivity index (χ1v) is 7.02. The zero-order valence-corrected chi connectivity index (χ0v) is 11.9. The SMILES string of the molecule is Cc1cccc([C@@H]2CCCN2C(=O)c2ccn(C)n2)c1. The number of aryl methyl sites for hydroxylation is 2. The van der Waals surface area contributed by atoms with Crippen molar-refractivity contribution in [2.45, 2.75) is 25.8 Å². The first-order valence-electron chi connectivity index (χ1n) is 7.02. The number of hydrogen-bond acceptors (Lipinski definition) is 2. The molecule has 0 unspecified atom stereocenters. The Labute approximate surface area is 119 Å². The highest BCUT2D eigenvalue weighted by Gasteiger charge is 2.31. The largest absolute Gasteiger partial charge is 0.330 e. The van der Waals surface area contributed by atoms with Crippen molar-refractivity contribution >= 4 is 5.91 Å². The summed E-state index contributed by atoms with van der Waals surface area (Å²) in [5, 5.41) is 4.23. The average molecular weight is 269 g/mol. The number of carbonyl (C=O) groups excluding carboxylic acids is 1. The maximum absolute atomic E-state index is 12.6. The highest BCUT2D eigenvalue weighted by molar-refractivity contribution is 5.92. The van der Waals surface area contributed by atoms with Gasteiger partial charge in [0.15, 0.2) is 0 Å². The predicted octanol–water partition coefficient (Wildman–Crippen LogP) is 2.71. The fourth-order valence-electron chi connectivity index (χ4n) is 2.91. The van der Waals surface area contributed by atoms with E-state index in [4.69, 9.17) is 0 Å². The van der Waals surface area contributed by atoms with Crippen LogP contribution >= 0.6 is 0 Å². The summed E-state index contributed by atoms with van der Waals surface area (Å²) >= 11 is 0. The van der Waals surface area contributed by atoms with Crippen molar-refractivity contribution in [1.82, 2.24) is 14.7 Å². The number of nitrogens with zero attached hydrogens (tertiary/aromatic N) is 3. The lowest BCUT2D eigenvalue weighted by Crippen LogP contribution is -2.31. The van der Waals surface area contributed by atoms with E-state index in [9.17, 15) is 4.79 Å². The Balaban J connectivity index is 1.87. The smallest absolute Gasteiger partial charge is 0.274 e. The van der Waals surface area contributed by atoms with Gasteiger partial charge in [-0.25, -0.2) is 0 Å². The van der Waals surface area contributed by atoms with E-state index < -0.39 is 0 Å². The van der Waals surface area contributed by atoms with Gasteiger partial charge < -0.3 is 4.90 Å². The second-order valence-corrected chi connectivity index (χ2v) is 5.45. The van der Waals surface area contributed by atoms with Crippen LogP contribution in [0.2, 0.25) is 0 Å². The standard InChI is InChI=1S/C16H19N3O/c1-12-5-3-6-13(11-12)15-7-4-9-19(15)16(20)14-8-10-18(2)17-14/h3,5-6,8,10-11,15H,4,7,9H2,1-2H3/t15-/m0/s1. The molecule has 0 aliphatic carbocycles. The van der Waals surface area contributed by atoms with Crippen LogP contribution in [-0.2, 0) is 7.05 Å². The lowest BCUT2D eigenvalue weighted by atomic mass is 10.0. The Hall–Kier alpha value is -2.10. The van der Waals surface area contributed by atoms with Crippen LogP contribution in [0.1, 0.15) is 40.5 Å². The van der Waals surface area contributed by atoms with Crippen LogP contribution in [0.3, 0.4) is 0 Å². The van der Waals surface area contributed by atoms with E-state index >= 15 is 0 Å². The van der Waals surface area contributed by atoms with Gasteiger partial charge in [-0.1, -0.05) is 29.8 Å². The molecule has 0 N–H and O–H groups in total. The molecule has 0 saturated carbocycles. The molecule has 3 rings (SSSR count). The summed E-state index contributed by atoms with van der Waals surface area (Å²) in [7, 11) is 1.83. The van der Waals surface area contributed by atoms with Crippen molar-refractivity contribution < 1.29 is 4.79 Å². The number of amides is 1. The first kappa shape index (κ1) is 12.9. The fraction of sp³-hybridized carbons (Fsp3) is 0.375. The molecule has 1 saturated heterocycles. The maximum Gasteiger partial charge on any atom is 0.274 e. The lowest BCUT2D eigenvalue weighted by molar-refractivity contribution is 0.0729. The topological polar surface area (TPSA) is 38.1 Å². The molecule has 0 spiro atoms. The molecule has 1 amide bonds. The maximum atomic E-state index is 12.6. The van der Waals surface area contributed by atoms with Gasteiger partial charge in [0.2, 0.25) is 0 Å². The molecule has 104 valence electrons. The van der Waals surface area contributed by atoms with E-state index in [0.717, 1.165) is 19.4 Å². The molecule has 4 nitrogen and oxygen atoms in total. The second kappa shape index (κ2) is 5.12. The summed E-state index contributed by atoms with van der Waals surface area (Å²) in [6, 6.07) is 10.4. The highest BCUT2D eigenvalue weighted by atomic mass is 16.2. The predicted molar refractivity (Wildman–Crippen MR) is 77.4 cm³/mol. The highest BCUT2D eigenvalue weighted by Crippen LogP contribution is 2.33. The van der Waals surface area contributed by atoms with Gasteiger partial charge in [-0.2, -0.15) is 5.10 Å². The lowest BCUT2D eigenvalue weighted by Gasteiger charge is -2.24. The Morgan fingerprint density at radius 3 is 2.90 bits per heavy atom. The molecule has 0 bridgehead atoms. The summed E-state index contributed by atoms with van der Waals surface area (Å²) in [6.45, 7) is 2.90. The van der Waals surface area contributed by atoms with Gasteiger partial charge in [0.25, 0.3) is 5.91 Å². The number of hydrogen-bond donors (Lipinski definition) is 0. The molecule has 1 aromatic carbocycles. The monoisotopic (exact) mass is 269 g/mol. The molecule has 0 radical (unpaired) electrons. The van der Waals surface area contributed by atoms with E-state index in [0.29, 0.717) is 5.69 Å². The third-order valence-electron chi connectivity index (χ3n) is 3.87. The van der Waals surface area contributed by atoms with Gasteiger partial charge >= 0.3 is 0 Å². The Bertz CT molecular complexity index is 632. The van der Waals surface area contributed by atoms with Crippen LogP contribution < -0.4 is 0 Å². The third-order valence-corrected chi connectivity index (χ3v) is 3.87. The molecule has 1 aromatic heterocycles. The van der Waals surface area contributed by atoms with Crippen LogP contribution in [0.25, 0.3) is 0 Å². The minimum Gasteiger partial charge on any atom is -0.330 e. The molecule has 2 heterocycles. The Morgan fingerprint density at radius 2 is 2.20 bits per heavy atom. The van der Waals surface area contributed by atoms with Gasteiger partial charge in [-0.15, -0.1) is 0 Å². The van der Waals surface area contributed by atoms with Crippen molar-refractivity contribution in [3.63, 3.8) is 0 Å². The summed E-state index contributed by atoms with van der Waals surface area (Å²) in [5.41, 5.74) is 3.00. The fourth-order valence-corrected chi connectivity index (χ4v) is 2.91. The Morgan fingerprint density at radius 1 is 1.35 bits per heavy atom. The van der Waals surface area contributed by atoms with Crippen molar-refractivity contribution in [3.05, 3.63) is 53.3 Å². The minimum atomic E-state index is 0.0367. The molecule has 1 fully saturated rings. The minimum absolute atomic E-state index is 0.0367. The molecule has 1 aliphatic rings. The normalized spacial score (nSPS) is 18.5. The third kappa shape index (κ3) is 2.33. The summed E-state index contributed by atoms with van der Waals surface area (Å²) in [4.78, 5) is 14.5. The zero-order chi connectivity index (χ0) is 14.1. The average Bonchev–Trinajstić information content (AvgIpc) is 3.06. The number of likely N-dealkylation sites (tertiary alicyclic amines) is 1. The van der Waals surface area contributed by atoms with Gasteiger partial charge in [0.05, 0.1) is 6.04 Å². The van der Waals surface area contributed by atoms with Crippen LogP contribution in [0.15, 0.2) is 36.5 Å². The number of aromatic nitrogens is 2. The van der Waals surface area contributed by atoms with Gasteiger partial charge in [-0.05, 0) is 31.4 Å². The number of carbonyl (C=O) groups is 1. The van der Waals surface area contributed by atoms with Gasteiger partial charge in [0, 0.05) is 19.8 Å². The molecule has 1 atom stereocenters. The van der Waals surface area contributed by atoms with E-state index in [2.05, 4.69) is 36.3 Å². The molecular formula is C16H19N3O. The first-order chi connectivity index (χ1) is 9.65. The number of rotatable bonds is 2. The molecule has 2 aromatic rings. The van der Waals surface area contributed by atoms with E-state index in [-0.39, 0.29) is 11.9 Å². The zero-order valence-electron chi connectivity index (χ0n) is 11.9. The second-order valence-electron chi connectivity index (χ2n) is 5.45. The summed E-state index contributed by atoms with van der Waals surface area (Å²) in [6.07, 6.45) is 3.89. The van der Waals surface area contributed by atoms with E-state index in [1.807, 2.05) is 18.1 Å². The van der Waals surface area contributed by atoms with Crippen LogP contribution in [-0.4, -0.2) is 27.1 Å². The summed E-state index contributed by atoms with van der Waals surface area (Å²) in [5.74, 6) is 0.0367. The molecule has 4 heteroatoms. The molecular weight excluding hydrogens is 250 g/mol. The van der Waals surface area contributed by atoms with Crippen molar-refractivity contribution in [3.8, 4) is 0 Å². The van der Waals surface area contributed by atoms with Crippen molar-refractivity contribution in [1.29, 1.82) is 0 Å². The van der Waals surface area contributed by atoms with Crippen molar-refractivity contribution in [2.75, 3.05) is 6.54 Å². The molecule has 1 aliphatic heterocycles. The van der Waals surface area contributed by atoms with Crippen LogP contribution in [0.5, 0.6) is 0 Å². The van der Waals surface area contributed by atoms with Crippen molar-refractivity contribution in [2.24, 2.45) is 7.05 Å². The quantitative estimate of drug-likeness (QED) is 0.840. The van der Waals surface area contributed by atoms with Crippen LogP contribution in [0, 0.1) is 6.92 Å². The number of benzene rings is 1. The van der Waals surface area contributed by atoms with Gasteiger partial charge in [0.1, 0.15) is 5.69 Å². The summed E-state index contributed by atoms with van der Waals surface area (Å²) < 4.78 is 1.67. The van der Waals surface area contributed by atoms with Crippen LogP contribution in [0.4, 0.5) is 0 Å².